The van der Waals surface area contributed by atoms with Gasteiger partial charge in [0.2, 0.25) is 5.91 Å². The van der Waals surface area contributed by atoms with E-state index < -0.39 is 24.3 Å². The van der Waals surface area contributed by atoms with E-state index in [1.165, 1.54) is 18.1 Å². The number of ether oxygens (including phenoxy) is 3. The molecular formula is C33H33N5O7S. The SMILES string of the molecule is O=C(NC1CC(=O)N(Cc2ccc(C3OC(CSc4ncn[nH]4)CC(c4ccc(CO)cc4)O3)cc2)C1=O)OCc1ccccc1. The Morgan fingerprint density at radius 1 is 0.978 bits per heavy atom. The van der Waals surface area contributed by atoms with Gasteiger partial charge in [0, 0.05) is 17.7 Å². The fourth-order valence-corrected chi connectivity index (χ4v) is 6.09. The Morgan fingerprint density at radius 3 is 2.43 bits per heavy atom. The monoisotopic (exact) mass is 643 g/mol. The van der Waals surface area contributed by atoms with Gasteiger partial charge >= 0.3 is 6.09 Å². The summed E-state index contributed by atoms with van der Waals surface area (Å²) in [6.07, 6.45) is 0.154. The molecule has 3 amide bonds. The first kappa shape index (κ1) is 31.4. The van der Waals surface area contributed by atoms with Crippen LogP contribution in [-0.2, 0) is 43.6 Å². The summed E-state index contributed by atoms with van der Waals surface area (Å²) in [5.74, 6) is -0.220. The summed E-state index contributed by atoms with van der Waals surface area (Å²) in [6, 6.07) is 23.3. The average Bonchev–Trinajstić information content (AvgIpc) is 3.71. The lowest BCUT2D eigenvalue weighted by atomic mass is 10.0. The number of aromatic nitrogens is 3. The van der Waals surface area contributed by atoms with Gasteiger partial charge in [0.1, 0.15) is 19.0 Å². The number of likely N-dealkylation sites (tertiary alicyclic amines) is 1. The zero-order valence-corrected chi connectivity index (χ0v) is 25.6. The van der Waals surface area contributed by atoms with Gasteiger partial charge in [-0.3, -0.25) is 19.6 Å². The smallest absolute Gasteiger partial charge is 0.408 e. The molecule has 0 aliphatic carbocycles. The van der Waals surface area contributed by atoms with Crippen LogP contribution in [0.5, 0.6) is 0 Å². The van der Waals surface area contributed by atoms with Crippen molar-refractivity contribution in [3.8, 4) is 0 Å². The van der Waals surface area contributed by atoms with E-state index in [4.69, 9.17) is 14.2 Å². The Hall–Kier alpha value is -4.56. The van der Waals surface area contributed by atoms with Gasteiger partial charge < -0.3 is 24.6 Å². The summed E-state index contributed by atoms with van der Waals surface area (Å²) in [6.45, 7) is 0.0923. The topological polar surface area (TPSA) is 156 Å². The van der Waals surface area contributed by atoms with Crippen molar-refractivity contribution in [1.29, 1.82) is 0 Å². The highest BCUT2D eigenvalue weighted by Gasteiger charge is 2.40. The van der Waals surface area contributed by atoms with E-state index in [0.717, 1.165) is 32.7 Å². The second-order valence-electron chi connectivity index (χ2n) is 11.0. The van der Waals surface area contributed by atoms with Crippen molar-refractivity contribution in [1.82, 2.24) is 25.4 Å². The number of aliphatic hydroxyl groups is 1. The molecular weight excluding hydrogens is 610 g/mol. The van der Waals surface area contributed by atoms with Gasteiger partial charge in [0.05, 0.1) is 31.8 Å². The lowest BCUT2D eigenvalue weighted by molar-refractivity contribution is -0.245. The standard InChI is InChI=1S/C33H33N5O7S/c39-17-22-8-10-24(11-9-22)28-14-26(19-46-32-34-20-35-37-32)44-31(45-28)25-12-6-21(7-13-25)16-38-29(40)15-27(30(38)41)36-33(42)43-18-23-4-2-1-3-5-23/h1-13,20,26-28,31,39H,14-19H2,(H,36,42)(H,34,35,37). The molecule has 3 heterocycles. The fourth-order valence-electron chi connectivity index (χ4n) is 5.29. The fraction of sp³-hybridized carbons (Fsp3) is 0.303. The van der Waals surface area contributed by atoms with Crippen LogP contribution in [0.3, 0.4) is 0 Å². The third-order valence-corrected chi connectivity index (χ3v) is 8.76. The maximum absolute atomic E-state index is 13.0. The Bertz CT molecular complexity index is 1620. The molecule has 46 heavy (non-hydrogen) atoms. The summed E-state index contributed by atoms with van der Waals surface area (Å²) >= 11 is 1.51. The predicted octanol–water partition coefficient (Wildman–Crippen LogP) is 4.19. The van der Waals surface area contributed by atoms with Crippen LogP contribution in [0.2, 0.25) is 0 Å². The van der Waals surface area contributed by atoms with E-state index in [9.17, 15) is 19.5 Å². The molecule has 3 N–H and O–H groups in total. The minimum atomic E-state index is -0.978. The summed E-state index contributed by atoms with van der Waals surface area (Å²) in [5.41, 5.74) is 4.14. The second-order valence-corrected chi connectivity index (χ2v) is 12.0. The number of amides is 3. The number of imide groups is 1. The van der Waals surface area contributed by atoms with Gasteiger partial charge in [0.15, 0.2) is 11.4 Å². The summed E-state index contributed by atoms with van der Waals surface area (Å²) in [5, 5.41) is 19.4. The number of carbonyl (C=O) groups is 3. The molecule has 13 heteroatoms. The summed E-state index contributed by atoms with van der Waals surface area (Å²) in [7, 11) is 0. The Balaban J connectivity index is 1.08. The minimum absolute atomic E-state index is 0.0343. The molecule has 2 aliphatic heterocycles. The van der Waals surface area contributed by atoms with E-state index in [0.29, 0.717) is 17.3 Å². The summed E-state index contributed by atoms with van der Waals surface area (Å²) < 4.78 is 18.0. The second kappa shape index (κ2) is 14.7. The average molecular weight is 644 g/mol. The molecule has 3 aromatic carbocycles. The highest BCUT2D eigenvalue weighted by molar-refractivity contribution is 7.99. The van der Waals surface area contributed by atoms with Gasteiger partial charge in [-0.2, -0.15) is 5.10 Å². The largest absolute Gasteiger partial charge is 0.445 e. The van der Waals surface area contributed by atoms with Crippen molar-refractivity contribution in [3.63, 3.8) is 0 Å². The van der Waals surface area contributed by atoms with Crippen molar-refractivity contribution >= 4 is 29.7 Å². The van der Waals surface area contributed by atoms with Gasteiger partial charge in [0.25, 0.3) is 5.91 Å². The number of rotatable bonds is 11. The van der Waals surface area contributed by atoms with Crippen LogP contribution in [0.15, 0.2) is 90.3 Å². The molecule has 4 unspecified atom stereocenters. The van der Waals surface area contributed by atoms with Crippen LogP contribution in [0.1, 0.15) is 53.1 Å². The number of carbonyl (C=O) groups excluding carboxylic acids is 3. The van der Waals surface area contributed by atoms with Gasteiger partial charge in [-0.25, -0.2) is 9.78 Å². The van der Waals surface area contributed by atoms with Crippen molar-refractivity contribution in [2.45, 2.75) is 62.3 Å². The van der Waals surface area contributed by atoms with Crippen molar-refractivity contribution < 1.29 is 33.7 Å². The third kappa shape index (κ3) is 7.80. The quantitative estimate of drug-likeness (QED) is 0.160. The van der Waals surface area contributed by atoms with Crippen molar-refractivity contribution in [3.05, 3.63) is 113 Å². The van der Waals surface area contributed by atoms with E-state index in [1.807, 2.05) is 78.9 Å². The first-order valence-electron chi connectivity index (χ1n) is 14.8. The molecule has 4 aromatic rings. The Morgan fingerprint density at radius 2 is 1.72 bits per heavy atom. The number of hydrogen-bond acceptors (Lipinski definition) is 10. The van der Waals surface area contributed by atoms with E-state index in [1.54, 1.807) is 0 Å². The van der Waals surface area contributed by atoms with Gasteiger partial charge in [-0.15, -0.1) is 0 Å². The number of aromatic amines is 1. The van der Waals surface area contributed by atoms with Crippen LogP contribution in [-0.4, -0.2) is 61.0 Å². The van der Waals surface area contributed by atoms with E-state index in [2.05, 4.69) is 20.5 Å². The third-order valence-electron chi connectivity index (χ3n) is 7.76. The Kier molecular flexibility index (Phi) is 10.0. The molecule has 2 aliphatic rings. The zero-order valence-electron chi connectivity index (χ0n) is 24.8. The molecule has 4 atom stereocenters. The number of nitrogens with zero attached hydrogens (tertiary/aromatic N) is 3. The molecule has 2 fully saturated rings. The highest BCUT2D eigenvalue weighted by Crippen LogP contribution is 2.39. The number of aliphatic hydroxyl groups excluding tert-OH is 1. The van der Waals surface area contributed by atoms with E-state index >= 15 is 0 Å². The zero-order chi connectivity index (χ0) is 31.9. The molecule has 238 valence electrons. The van der Waals surface area contributed by atoms with Crippen LogP contribution in [0.4, 0.5) is 4.79 Å². The number of thioether (sulfide) groups is 1. The maximum atomic E-state index is 13.0. The summed E-state index contributed by atoms with van der Waals surface area (Å²) in [4.78, 5) is 43.3. The molecule has 1 aromatic heterocycles. The number of alkyl carbamates (subject to hydrolysis) is 1. The Labute approximate surface area is 269 Å². The maximum Gasteiger partial charge on any atom is 0.408 e. The number of nitrogens with one attached hydrogen (secondary N) is 2. The van der Waals surface area contributed by atoms with Crippen molar-refractivity contribution in [2.75, 3.05) is 5.75 Å². The lowest BCUT2D eigenvalue weighted by Gasteiger charge is -2.36. The lowest BCUT2D eigenvalue weighted by Crippen LogP contribution is -2.41. The molecule has 0 spiro atoms. The van der Waals surface area contributed by atoms with Crippen LogP contribution < -0.4 is 5.32 Å². The minimum Gasteiger partial charge on any atom is -0.445 e. The van der Waals surface area contributed by atoms with E-state index in [-0.39, 0.29) is 44.3 Å². The first-order valence-corrected chi connectivity index (χ1v) is 15.8. The van der Waals surface area contributed by atoms with Crippen LogP contribution in [0.25, 0.3) is 0 Å². The number of H-pyrrole nitrogens is 1. The van der Waals surface area contributed by atoms with Gasteiger partial charge in [-0.1, -0.05) is 90.6 Å². The van der Waals surface area contributed by atoms with Crippen LogP contribution >= 0.6 is 11.8 Å². The molecule has 0 bridgehead atoms. The van der Waals surface area contributed by atoms with Crippen molar-refractivity contribution in [2.24, 2.45) is 0 Å². The number of hydrogen-bond donors (Lipinski definition) is 3. The molecule has 2 saturated heterocycles. The molecule has 12 nitrogen and oxygen atoms in total. The predicted molar refractivity (Wildman–Crippen MR) is 166 cm³/mol. The normalized spacial score (nSPS) is 21.4. The highest BCUT2D eigenvalue weighted by atomic mass is 32.2. The first-order chi connectivity index (χ1) is 22.4. The molecule has 0 saturated carbocycles. The van der Waals surface area contributed by atoms with Gasteiger partial charge in [-0.05, 0) is 22.3 Å². The molecule has 0 radical (unpaired) electrons. The van der Waals surface area contributed by atoms with Crippen LogP contribution in [0, 0.1) is 0 Å². The number of benzene rings is 3. The molecule has 6 rings (SSSR count).